The molecule has 0 radical (unpaired) electrons. The van der Waals surface area contributed by atoms with E-state index in [1.54, 1.807) is 36.4 Å². The predicted molar refractivity (Wildman–Crippen MR) is 129 cm³/mol. The minimum absolute atomic E-state index is 0.129. The Morgan fingerprint density at radius 3 is 2.62 bits per heavy atom. The molecule has 0 saturated heterocycles. The van der Waals surface area contributed by atoms with E-state index in [4.69, 9.17) is 17.2 Å². The Hall–Kier alpha value is -4.24. The van der Waals surface area contributed by atoms with E-state index in [-0.39, 0.29) is 17.6 Å². The van der Waals surface area contributed by atoms with Gasteiger partial charge in [-0.05, 0) is 55.9 Å². The van der Waals surface area contributed by atoms with Crippen molar-refractivity contribution in [2.45, 2.75) is 19.4 Å². The number of nitrogen functional groups attached to an aromatic ring is 1. The molecule has 3 rings (SSSR count). The topological polar surface area (TPSA) is 157 Å². The average molecular weight is 431 g/mol. The molecule has 9 heteroatoms. The maximum atomic E-state index is 12.7. The van der Waals surface area contributed by atoms with Crippen molar-refractivity contribution in [2.24, 2.45) is 16.5 Å². The number of nitrogens with one attached hydrogen (secondary N) is 2. The van der Waals surface area contributed by atoms with E-state index in [1.165, 1.54) is 12.5 Å². The fourth-order valence-corrected chi connectivity index (χ4v) is 2.95. The molecule has 3 aromatic rings. The number of rotatable bonds is 7. The molecule has 2 aromatic carbocycles. The van der Waals surface area contributed by atoms with E-state index in [0.717, 1.165) is 5.56 Å². The zero-order valence-electron chi connectivity index (χ0n) is 18.0. The molecule has 8 N–H and O–H groups in total. The largest absolute Gasteiger partial charge is 0.382 e. The average Bonchev–Trinajstić information content (AvgIpc) is 2.75. The van der Waals surface area contributed by atoms with Crippen LogP contribution in [-0.2, 0) is 5.54 Å². The number of hydrogen-bond acceptors (Lipinski definition) is 7. The number of nitrogens with two attached hydrogens (primary N) is 3. The van der Waals surface area contributed by atoms with Gasteiger partial charge < -0.3 is 27.8 Å². The minimum Gasteiger partial charge on any atom is -0.382 e. The number of amides is 1. The van der Waals surface area contributed by atoms with Crippen molar-refractivity contribution in [1.29, 1.82) is 0 Å². The quantitative estimate of drug-likeness (QED) is 0.285. The zero-order valence-corrected chi connectivity index (χ0v) is 18.0. The Labute approximate surface area is 186 Å². The number of anilines is 3. The normalized spacial score (nSPS) is 11.7. The number of carbonyl (C=O) groups excluding carboxylic acids is 1. The molecule has 1 amide bonds. The summed E-state index contributed by atoms with van der Waals surface area (Å²) in [6, 6.07) is 14.2. The molecule has 32 heavy (non-hydrogen) atoms. The van der Waals surface area contributed by atoms with Gasteiger partial charge in [0, 0.05) is 16.8 Å². The Kier molecular flexibility index (Phi) is 6.50. The van der Waals surface area contributed by atoms with E-state index in [1.807, 2.05) is 26.0 Å². The van der Waals surface area contributed by atoms with Crippen LogP contribution in [0.4, 0.5) is 22.9 Å². The van der Waals surface area contributed by atoms with Crippen LogP contribution in [0.5, 0.6) is 0 Å². The standard InChI is InChI=1S/C23H26N8O/c1-4-27-18-19(28-13-29-20(18)24)21(25)30-16-9-6-10-17(12-16)31-22(32)14-7-5-8-15(11-14)23(2,3)26/h4-13,27H,1,26H2,2-3H3,(H2,25,30)(H,31,32)(H2,24,28,29). The first-order valence-corrected chi connectivity index (χ1v) is 9.82. The molecule has 164 valence electrons. The zero-order chi connectivity index (χ0) is 23.3. The monoisotopic (exact) mass is 430 g/mol. The minimum atomic E-state index is -0.549. The van der Waals surface area contributed by atoms with Crippen LogP contribution in [0, 0.1) is 0 Å². The molecule has 0 aliphatic rings. The smallest absolute Gasteiger partial charge is 0.255 e. The fraction of sp³-hybridized carbons (Fsp3) is 0.130. The van der Waals surface area contributed by atoms with Crippen molar-refractivity contribution in [3.05, 3.63) is 84.5 Å². The fourth-order valence-electron chi connectivity index (χ4n) is 2.95. The second kappa shape index (κ2) is 9.27. The molecule has 0 fully saturated rings. The summed E-state index contributed by atoms with van der Waals surface area (Å²) in [6.45, 7) is 7.39. The van der Waals surface area contributed by atoms with Crippen molar-refractivity contribution in [3.63, 3.8) is 0 Å². The molecular weight excluding hydrogens is 404 g/mol. The highest BCUT2D eigenvalue weighted by molar-refractivity contribution is 6.05. The van der Waals surface area contributed by atoms with Crippen molar-refractivity contribution in [1.82, 2.24) is 9.97 Å². The number of benzene rings is 2. The predicted octanol–water partition coefficient (Wildman–Crippen LogP) is 3.10. The Morgan fingerprint density at radius 1 is 1.16 bits per heavy atom. The summed E-state index contributed by atoms with van der Waals surface area (Å²) in [6.07, 6.45) is 2.75. The van der Waals surface area contributed by atoms with Gasteiger partial charge in [0.2, 0.25) is 0 Å². The lowest BCUT2D eigenvalue weighted by molar-refractivity contribution is 0.102. The summed E-state index contributed by atoms with van der Waals surface area (Å²) >= 11 is 0. The van der Waals surface area contributed by atoms with Crippen LogP contribution in [0.15, 0.2) is 72.6 Å². The number of aliphatic imine (C=N–C) groups is 1. The first kappa shape index (κ1) is 22.4. The maximum absolute atomic E-state index is 12.7. The van der Waals surface area contributed by atoms with Crippen molar-refractivity contribution >= 4 is 34.6 Å². The molecule has 0 unspecified atom stereocenters. The van der Waals surface area contributed by atoms with Crippen LogP contribution >= 0.6 is 0 Å². The van der Waals surface area contributed by atoms with Gasteiger partial charge in [-0.15, -0.1) is 0 Å². The molecule has 0 aliphatic carbocycles. The van der Waals surface area contributed by atoms with Gasteiger partial charge in [-0.25, -0.2) is 15.0 Å². The van der Waals surface area contributed by atoms with E-state index in [2.05, 4.69) is 32.2 Å². The van der Waals surface area contributed by atoms with Crippen molar-refractivity contribution < 1.29 is 4.79 Å². The molecule has 0 bridgehead atoms. The van der Waals surface area contributed by atoms with E-state index in [0.29, 0.717) is 28.3 Å². The third-order valence-corrected chi connectivity index (χ3v) is 4.59. The molecule has 0 saturated carbocycles. The van der Waals surface area contributed by atoms with E-state index >= 15 is 0 Å². The summed E-state index contributed by atoms with van der Waals surface area (Å²) in [5.41, 5.74) is 20.9. The van der Waals surface area contributed by atoms with Gasteiger partial charge in [0.1, 0.15) is 17.7 Å². The summed E-state index contributed by atoms with van der Waals surface area (Å²) in [7, 11) is 0. The van der Waals surface area contributed by atoms with Gasteiger partial charge >= 0.3 is 0 Å². The molecule has 0 spiro atoms. The lowest BCUT2D eigenvalue weighted by Crippen LogP contribution is -2.29. The highest BCUT2D eigenvalue weighted by atomic mass is 16.1. The number of carbonyl (C=O) groups is 1. The Balaban J connectivity index is 1.84. The van der Waals surface area contributed by atoms with Crippen LogP contribution in [0.25, 0.3) is 0 Å². The molecule has 9 nitrogen and oxygen atoms in total. The lowest BCUT2D eigenvalue weighted by atomic mass is 9.94. The lowest BCUT2D eigenvalue weighted by Gasteiger charge is -2.19. The van der Waals surface area contributed by atoms with Gasteiger partial charge in [-0.3, -0.25) is 4.79 Å². The molecule has 0 aliphatic heterocycles. The maximum Gasteiger partial charge on any atom is 0.255 e. The van der Waals surface area contributed by atoms with E-state index < -0.39 is 5.54 Å². The summed E-state index contributed by atoms with van der Waals surface area (Å²) in [4.78, 5) is 25.2. The first-order chi connectivity index (χ1) is 15.2. The van der Waals surface area contributed by atoms with Gasteiger partial charge in [-0.1, -0.05) is 24.8 Å². The number of aromatic nitrogens is 2. The first-order valence-electron chi connectivity index (χ1n) is 9.82. The Morgan fingerprint density at radius 2 is 1.91 bits per heavy atom. The van der Waals surface area contributed by atoms with E-state index in [9.17, 15) is 4.79 Å². The highest BCUT2D eigenvalue weighted by Gasteiger charge is 2.16. The summed E-state index contributed by atoms with van der Waals surface area (Å²) < 4.78 is 0. The van der Waals surface area contributed by atoms with Crippen molar-refractivity contribution in [3.8, 4) is 0 Å². The second-order valence-electron chi connectivity index (χ2n) is 7.63. The molecular formula is C23H26N8O. The third-order valence-electron chi connectivity index (χ3n) is 4.59. The Bertz CT molecular complexity index is 1180. The van der Waals surface area contributed by atoms with Crippen LogP contribution < -0.4 is 27.8 Å². The SMILES string of the molecule is C=CNc1c(N)ncnc1C(N)=Nc1cccc(NC(=O)c2cccc(C(C)(C)N)c2)c1. The third kappa shape index (κ3) is 5.27. The molecule has 1 aromatic heterocycles. The number of nitrogens with zero attached hydrogens (tertiary/aromatic N) is 3. The number of hydrogen-bond donors (Lipinski definition) is 5. The van der Waals surface area contributed by atoms with Gasteiger partial charge in [0.05, 0.1) is 5.69 Å². The van der Waals surface area contributed by atoms with Gasteiger partial charge in [0.25, 0.3) is 5.91 Å². The highest BCUT2D eigenvalue weighted by Crippen LogP contribution is 2.23. The van der Waals surface area contributed by atoms with Crippen molar-refractivity contribution in [2.75, 3.05) is 16.4 Å². The summed E-state index contributed by atoms with van der Waals surface area (Å²) in [5.74, 6) is 0.0907. The van der Waals surface area contributed by atoms with Gasteiger partial charge in [0.15, 0.2) is 11.7 Å². The van der Waals surface area contributed by atoms with Gasteiger partial charge in [-0.2, -0.15) is 0 Å². The van der Waals surface area contributed by atoms with Crippen LogP contribution in [0.2, 0.25) is 0 Å². The second-order valence-corrected chi connectivity index (χ2v) is 7.63. The number of amidine groups is 1. The summed E-state index contributed by atoms with van der Waals surface area (Å²) in [5, 5.41) is 5.74. The van der Waals surface area contributed by atoms with Crippen LogP contribution in [0.1, 0.15) is 35.5 Å². The molecule has 0 atom stereocenters. The van der Waals surface area contributed by atoms with Crippen LogP contribution in [-0.4, -0.2) is 21.7 Å². The van der Waals surface area contributed by atoms with Crippen LogP contribution in [0.3, 0.4) is 0 Å². The molecule has 1 heterocycles.